The van der Waals surface area contributed by atoms with Gasteiger partial charge in [0.25, 0.3) is 0 Å². The lowest BCUT2D eigenvalue weighted by molar-refractivity contribution is -0.113. The number of hydrogen-bond donors (Lipinski definition) is 1. The molecule has 3 rings (SSSR count). The summed E-state index contributed by atoms with van der Waals surface area (Å²) in [5.41, 5.74) is 2.93. The van der Waals surface area contributed by atoms with Crippen LogP contribution in [0.15, 0.2) is 53.7 Å². The lowest BCUT2D eigenvalue weighted by Crippen LogP contribution is -2.15. The molecule has 0 bridgehead atoms. The molecule has 0 aliphatic rings. The summed E-state index contributed by atoms with van der Waals surface area (Å²) in [7, 11) is 1.93. The Morgan fingerprint density at radius 1 is 1.26 bits per heavy atom. The van der Waals surface area contributed by atoms with Crippen molar-refractivity contribution in [1.29, 1.82) is 5.26 Å². The minimum atomic E-state index is -0.162. The van der Waals surface area contributed by atoms with Gasteiger partial charge in [0.05, 0.1) is 28.0 Å². The number of carbonyl (C=O) groups excluding carboxylic acids is 1. The van der Waals surface area contributed by atoms with E-state index in [-0.39, 0.29) is 11.7 Å². The highest BCUT2D eigenvalue weighted by atomic mass is 32.2. The van der Waals surface area contributed by atoms with E-state index in [0.29, 0.717) is 11.3 Å². The average Bonchev–Trinajstić information content (AvgIpc) is 2.90. The van der Waals surface area contributed by atoms with E-state index in [0.717, 1.165) is 16.2 Å². The number of anilines is 1. The Morgan fingerprint density at radius 2 is 2.00 bits per heavy atom. The molecule has 0 aliphatic heterocycles. The maximum Gasteiger partial charge on any atom is 0.234 e. The molecule has 114 valence electrons. The van der Waals surface area contributed by atoms with Gasteiger partial charge in [-0.2, -0.15) is 5.26 Å². The molecule has 1 amide bonds. The van der Waals surface area contributed by atoms with Crippen LogP contribution in [-0.2, 0) is 11.8 Å². The molecule has 0 atom stereocenters. The van der Waals surface area contributed by atoms with E-state index in [4.69, 9.17) is 5.26 Å². The zero-order valence-electron chi connectivity index (χ0n) is 12.5. The summed E-state index contributed by atoms with van der Waals surface area (Å²) in [4.78, 5) is 16.6. The number of amides is 1. The molecule has 0 saturated heterocycles. The normalized spacial score (nSPS) is 10.4. The topological polar surface area (TPSA) is 70.7 Å². The summed E-state index contributed by atoms with van der Waals surface area (Å²) >= 11 is 1.37. The first-order valence-corrected chi connectivity index (χ1v) is 8.01. The molecule has 1 aromatic heterocycles. The number of hydrogen-bond acceptors (Lipinski definition) is 4. The maximum absolute atomic E-state index is 12.1. The average molecular weight is 322 g/mol. The minimum Gasteiger partial charge on any atom is -0.324 e. The number of para-hydroxylation sites is 3. The van der Waals surface area contributed by atoms with Crippen LogP contribution in [0.5, 0.6) is 0 Å². The number of aryl methyl sites for hydroxylation is 1. The van der Waals surface area contributed by atoms with Crippen LogP contribution >= 0.6 is 11.8 Å². The Bertz CT molecular complexity index is 910. The predicted octanol–water partition coefficient (Wildman–Crippen LogP) is 3.18. The number of carbonyl (C=O) groups is 1. The van der Waals surface area contributed by atoms with E-state index in [9.17, 15) is 4.79 Å². The van der Waals surface area contributed by atoms with Crippen LogP contribution in [0.4, 0.5) is 5.69 Å². The summed E-state index contributed by atoms with van der Waals surface area (Å²) in [6, 6.07) is 16.9. The van der Waals surface area contributed by atoms with Gasteiger partial charge in [0.1, 0.15) is 6.07 Å². The number of aromatic nitrogens is 2. The van der Waals surface area contributed by atoms with Crippen LogP contribution in [-0.4, -0.2) is 21.2 Å². The third-order valence-electron chi connectivity index (χ3n) is 3.40. The monoisotopic (exact) mass is 322 g/mol. The Labute approximate surface area is 137 Å². The Hall–Kier alpha value is -2.78. The first-order chi connectivity index (χ1) is 11.2. The van der Waals surface area contributed by atoms with Crippen molar-refractivity contribution in [2.75, 3.05) is 11.1 Å². The van der Waals surface area contributed by atoms with E-state index >= 15 is 0 Å². The summed E-state index contributed by atoms with van der Waals surface area (Å²) in [6.45, 7) is 0. The fourth-order valence-electron chi connectivity index (χ4n) is 2.26. The molecule has 1 heterocycles. The van der Waals surface area contributed by atoms with Gasteiger partial charge in [0.2, 0.25) is 5.91 Å². The van der Waals surface area contributed by atoms with Gasteiger partial charge in [0.15, 0.2) is 5.16 Å². The molecule has 0 saturated carbocycles. The third-order valence-corrected chi connectivity index (χ3v) is 4.43. The largest absolute Gasteiger partial charge is 0.324 e. The van der Waals surface area contributed by atoms with Gasteiger partial charge in [-0.1, -0.05) is 36.0 Å². The second kappa shape index (κ2) is 6.55. The molecule has 6 heteroatoms. The molecule has 0 spiro atoms. The first kappa shape index (κ1) is 15.1. The van der Waals surface area contributed by atoms with Gasteiger partial charge in [-0.25, -0.2) is 4.98 Å². The Morgan fingerprint density at radius 3 is 2.78 bits per heavy atom. The minimum absolute atomic E-state index is 0.162. The van der Waals surface area contributed by atoms with Gasteiger partial charge in [-0.05, 0) is 24.3 Å². The molecule has 0 unspecified atom stereocenters. The standard InChI is InChI=1S/C17H14N4OS/c1-21-15-9-5-4-8-14(15)20-17(21)23-11-16(22)19-13-7-3-2-6-12(13)10-18/h2-9H,11H2,1H3,(H,19,22). The SMILES string of the molecule is Cn1c(SCC(=O)Nc2ccccc2C#N)nc2ccccc21. The summed E-state index contributed by atoms with van der Waals surface area (Å²) < 4.78 is 1.97. The van der Waals surface area contributed by atoms with Crippen LogP contribution in [0.2, 0.25) is 0 Å². The third kappa shape index (κ3) is 3.20. The number of nitriles is 1. The molecule has 23 heavy (non-hydrogen) atoms. The second-order valence-corrected chi connectivity index (χ2v) is 5.88. The number of nitrogens with zero attached hydrogens (tertiary/aromatic N) is 3. The molecule has 1 N–H and O–H groups in total. The highest BCUT2D eigenvalue weighted by molar-refractivity contribution is 7.99. The van der Waals surface area contributed by atoms with Gasteiger partial charge in [-0.15, -0.1) is 0 Å². The molecule has 0 fully saturated rings. The molecule has 5 nitrogen and oxygen atoms in total. The van der Waals surface area contributed by atoms with Crippen molar-refractivity contribution in [3.8, 4) is 6.07 Å². The van der Waals surface area contributed by atoms with E-state index in [1.807, 2.05) is 35.9 Å². The summed E-state index contributed by atoms with van der Waals surface area (Å²) in [5.74, 6) is 0.0708. The van der Waals surface area contributed by atoms with Crippen LogP contribution < -0.4 is 5.32 Å². The van der Waals surface area contributed by atoms with Crippen LogP contribution in [0, 0.1) is 11.3 Å². The number of rotatable bonds is 4. The molecule has 0 aliphatic carbocycles. The smallest absolute Gasteiger partial charge is 0.234 e. The van der Waals surface area contributed by atoms with Crippen molar-refractivity contribution in [2.45, 2.75) is 5.16 Å². The van der Waals surface area contributed by atoms with E-state index in [1.165, 1.54) is 11.8 Å². The lowest BCUT2D eigenvalue weighted by Gasteiger charge is -2.06. The fraction of sp³-hybridized carbons (Fsp3) is 0.118. The van der Waals surface area contributed by atoms with E-state index in [1.54, 1.807) is 24.3 Å². The molecular weight excluding hydrogens is 308 g/mol. The van der Waals surface area contributed by atoms with Gasteiger partial charge in [-0.3, -0.25) is 4.79 Å². The number of thioether (sulfide) groups is 1. The van der Waals surface area contributed by atoms with E-state index < -0.39 is 0 Å². The van der Waals surface area contributed by atoms with Crippen molar-refractivity contribution >= 4 is 34.4 Å². The lowest BCUT2D eigenvalue weighted by atomic mass is 10.2. The molecule has 3 aromatic rings. The number of fused-ring (bicyclic) bond motifs is 1. The van der Waals surface area contributed by atoms with Gasteiger partial charge < -0.3 is 9.88 Å². The predicted molar refractivity (Wildman–Crippen MR) is 91.2 cm³/mol. The molecule has 0 radical (unpaired) electrons. The number of benzene rings is 2. The fourth-order valence-corrected chi connectivity index (χ4v) is 3.05. The van der Waals surface area contributed by atoms with Crippen molar-refractivity contribution in [3.05, 3.63) is 54.1 Å². The summed E-state index contributed by atoms with van der Waals surface area (Å²) in [6.07, 6.45) is 0. The second-order valence-electron chi connectivity index (χ2n) is 4.94. The van der Waals surface area contributed by atoms with Crippen molar-refractivity contribution in [2.24, 2.45) is 7.05 Å². The Balaban J connectivity index is 1.69. The van der Waals surface area contributed by atoms with Crippen molar-refractivity contribution in [3.63, 3.8) is 0 Å². The summed E-state index contributed by atoms with van der Waals surface area (Å²) in [5, 5.41) is 12.6. The highest BCUT2D eigenvalue weighted by Gasteiger charge is 2.11. The van der Waals surface area contributed by atoms with Crippen molar-refractivity contribution < 1.29 is 4.79 Å². The molecule has 2 aromatic carbocycles. The number of nitrogens with one attached hydrogen (secondary N) is 1. The van der Waals surface area contributed by atoms with Crippen LogP contribution in [0.3, 0.4) is 0 Å². The Kier molecular flexibility index (Phi) is 4.31. The quantitative estimate of drug-likeness (QED) is 0.749. The first-order valence-electron chi connectivity index (χ1n) is 7.02. The zero-order chi connectivity index (χ0) is 16.2. The van der Waals surface area contributed by atoms with Gasteiger partial charge >= 0.3 is 0 Å². The molecular formula is C17H14N4OS. The zero-order valence-corrected chi connectivity index (χ0v) is 13.3. The van der Waals surface area contributed by atoms with Crippen LogP contribution in [0.25, 0.3) is 11.0 Å². The highest BCUT2D eigenvalue weighted by Crippen LogP contribution is 2.23. The maximum atomic E-state index is 12.1. The van der Waals surface area contributed by atoms with Crippen molar-refractivity contribution in [1.82, 2.24) is 9.55 Å². The van der Waals surface area contributed by atoms with Gasteiger partial charge in [0, 0.05) is 7.05 Å². The number of imidazole rings is 1. The van der Waals surface area contributed by atoms with Crippen LogP contribution in [0.1, 0.15) is 5.56 Å². The van der Waals surface area contributed by atoms with E-state index in [2.05, 4.69) is 16.4 Å².